The molecule has 1 aliphatic heterocycles. The fourth-order valence-electron chi connectivity index (χ4n) is 4.08. The van der Waals surface area contributed by atoms with E-state index in [2.05, 4.69) is 15.0 Å². The topological polar surface area (TPSA) is 198 Å². The molecule has 6 N–H and O–H groups in total. The van der Waals surface area contributed by atoms with E-state index in [1.54, 1.807) is 0 Å². The number of aliphatic hydroxyl groups is 2. The quantitative estimate of drug-likeness (QED) is 0.201. The van der Waals surface area contributed by atoms with Gasteiger partial charge in [-0.15, -0.1) is 0 Å². The van der Waals surface area contributed by atoms with Gasteiger partial charge in [-0.3, -0.25) is 14.2 Å². The average Bonchev–Trinajstić information content (AvgIpc) is 3.47. The van der Waals surface area contributed by atoms with Crippen molar-refractivity contribution in [2.45, 2.75) is 62.9 Å². The first-order chi connectivity index (χ1) is 17.9. The van der Waals surface area contributed by atoms with Gasteiger partial charge in [-0.25, -0.2) is 15.0 Å². The molecular weight excluding hydrogens is 484 g/mol. The molecule has 0 unspecified atom stereocenters. The van der Waals surface area contributed by atoms with Gasteiger partial charge in [-0.2, -0.15) is 0 Å². The molecule has 3 aromatic rings. The maximum atomic E-state index is 12.6. The number of aromatic nitrogens is 4. The van der Waals surface area contributed by atoms with Crippen molar-refractivity contribution in [2.24, 2.45) is 5.73 Å². The Morgan fingerprint density at radius 3 is 2.70 bits per heavy atom. The van der Waals surface area contributed by atoms with E-state index in [4.69, 9.17) is 25.7 Å². The number of hydrogen-bond acceptors (Lipinski definition) is 12. The summed E-state index contributed by atoms with van der Waals surface area (Å²) in [7, 11) is 0. The van der Waals surface area contributed by atoms with E-state index in [1.807, 2.05) is 30.3 Å². The van der Waals surface area contributed by atoms with Crippen LogP contribution in [0.4, 0.5) is 5.82 Å². The van der Waals surface area contributed by atoms with Crippen LogP contribution in [0.15, 0.2) is 43.0 Å². The SMILES string of the molecule is Nc1ncnc2c1ncn2[C@@H]1O[C@H](CO)[C@@H](OC(=O)[C@@H](N)CCCCC(=O)OCc2ccccc2)[C@H]1O. The van der Waals surface area contributed by atoms with Crippen molar-refractivity contribution in [3.8, 4) is 0 Å². The first-order valence-electron chi connectivity index (χ1n) is 11.9. The zero-order valence-electron chi connectivity index (χ0n) is 20.1. The summed E-state index contributed by atoms with van der Waals surface area (Å²) < 4.78 is 17.8. The van der Waals surface area contributed by atoms with Gasteiger partial charge in [-0.05, 0) is 18.4 Å². The van der Waals surface area contributed by atoms with Crippen LogP contribution < -0.4 is 11.5 Å². The minimum Gasteiger partial charge on any atom is -0.461 e. The maximum absolute atomic E-state index is 12.6. The molecule has 3 heterocycles. The van der Waals surface area contributed by atoms with Gasteiger partial charge in [0.15, 0.2) is 23.8 Å². The predicted octanol–water partition coefficient (Wildman–Crippen LogP) is 0.202. The lowest BCUT2D eigenvalue weighted by Crippen LogP contribution is -2.42. The van der Waals surface area contributed by atoms with Crippen molar-refractivity contribution in [3.63, 3.8) is 0 Å². The molecule has 198 valence electrons. The smallest absolute Gasteiger partial charge is 0.323 e. The second-order valence-electron chi connectivity index (χ2n) is 8.72. The number of nitrogens with zero attached hydrogens (tertiary/aromatic N) is 4. The molecule has 1 aliphatic rings. The van der Waals surface area contributed by atoms with E-state index < -0.39 is 43.2 Å². The summed E-state index contributed by atoms with van der Waals surface area (Å²) in [6, 6.07) is 8.39. The third-order valence-electron chi connectivity index (χ3n) is 6.09. The summed E-state index contributed by atoms with van der Waals surface area (Å²) in [5.41, 5.74) is 13.3. The molecule has 4 rings (SSSR count). The highest BCUT2D eigenvalue weighted by atomic mass is 16.6. The van der Waals surface area contributed by atoms with E-state index in [1.165, 1.54) is 17.2 Å². The van der Waals surface area contributed by atoms with Crippen LogP contribution in [0.2, 0.25) is 0 Å². The highest BCUT2D eigenvalue weighted by molar-refractivity contribution is 5.81. The highest BCUT2D eigenvalue weighted by Gasteiger charge is 2.47. The Bertz CT molecular complexity index is 1210. The van der Waals surface area contributed by atoms with Crippen molar-refractivity contribution in [1.29, 1.82) is 0 Å². The normalized spacial score (nSPS) is 22.1. The van der Waals surface area contributed by atoms with E-state index in [-0.39, 0.29) is 31.2 Å². The maximum Gasteiger partial charge on any atom is 0.323 e. The van der Waals surface area contributed by atoms with Crippen molar-refractivity contribution >= 4 is 28.9 Å². The average molecular weight is 515 g/mol. The first-order valence-corrected chi connectivity index (χ1v) is 11.9. The van der Waals surface area contributed by atoms with E-state index >= 15 is 0 Å². The summed E-state index contributed by atoms with van der Waals surface area (Å²) in [5, 5.41) is 20.6. The van der Waals surface area contributed by atoms with Gasteiger partial charge in [0.25, 0.3) is 0 Å². The predicted molar refractivity (Wildman–Crippen MR) is 129 cm³/mol. The van der Waals surface area contributed by atoms with Gasteiger partial charge in [-0.1, -0.05) is 36.8 Å². The van der Waals surface area contributed by atoms with Crippen LogP contribution in [-0.2, 0) is 30.4 Å². The first kappa shape index (κ1) is 26.4. The number of nitrogen functional groups attached to an aromatic ring is 1. The molecule has 0 amide bonds. The van der Waals surface area contributed by atoms with E-state index in [0.717, 1.165) is 5.56 Å². The van der Waals surface area contributed by atoms with Crippen LogP contribution in [0.5, 0.6) is 0 Å². The lowest BCUT2D eigenvalue weighted by Gasteiger charge is -2.21. The number of imidazole rings is 1. The van der Waals surface area contributed by atoms with Gasteiger partial charge in [0, 0.05) is 6.42 Å². The summed E-state index contributed by atoms with van der Waals surface area (Å²) in [5.74, 6) is -0.920. The Labute approximate surface area is 212 Å². The number of fused-ring (bicyclic) bond motifs is 1. The van der Waals surface area contributed by atoms with Crippen LogP contribution in [0, 0.1) is 0 Å². The second-order valence-corrected chi connectivity index (χ2v) is 8.72. The fraction of sp³-hybridized carbons (Fsp3) is 0.458. The summed E-state index contributed by atoms with van der Waals surface area (Å²) >= 11 is 0. The second kappa shape index (κ2) is 12.1. The number of ether oxygens (including phenoxy) is 3. The number of anilines is 1. The number of carbonyl (C=O) groups excluding carboxylic acids is 2. The number of carbonyl (C=O) groups is 2. The van der Waals surface area contributed by atoms with Gasteiger partial charge in [0.2, 0.25) is 0 Å². The van der Waals surface area contributed by atoms with Gasteiger partial charge < -0.3 is 35.9 Å². The van der Waals surface area contributed by atoms with Gasteiger partial charge in [0.05, 0.1) is 12.9 Å². The molecule has 0 saturated carbocycles. The number of hydrogen-bond donors (Lipinski definition) is 4. The molecule has 37 heavy (non-hydrogen) atoms. The third kappa shape index (κ3) is 6.20. The Morgan fingerprint density at radius 1 is 1.16 bits per heavy atom. The summed E-state index contributed by atoms with van der Waals surface area (Å²) in [6.07, 6.45) is -0.453. The van der Waals surface area contributed by atoms with Gasteiger partial charge in [0.1, 0.15) is 36.7 Å². The minimum absolute atomic E-state index is 0.161. The Kier molecular flexibility index (Phi) is 8.61. The van der Waals surface area contributed by atoms with Crippen LogP contribution in [0.3, 0.4) is 0 Å². The fourth-order valence-corrected chi connectivity index (χ4v) is 4.08. The number of rotatable bonds is 11. The number of benzene rings is 1. The van der Waals surface area contributed by atoms with Crippen molar-refractivity contribution < 1.29 is 34.0 Å². The molecular formula is C24H30N6O7. The molecule has 0 bridgehead atoms. The number of unbranched alkanes of at least 4 members (excludes halogenated alkanes) is 1. The summed E-state index contributed by atoms with van der Waals surface area (Å²) in [4.78, 5) is 36.7. The van der Waals surface area contributed by atoms with Crippen LogP contribution in [0.25, 0.3) is 11.2 Å². The molecule has 13 nitrogen and oxygen atoms in total. The van der Waals surface area contributed by atoms with Crippen LogP contribution in [0.1, 0.15) is 37.5 Å². The molecule has 0 radical (unpaired) electrons. The Balaban J connectivity index is 1.25. The zero-order valence-corrected chi connectivity index (χ0v) is 20.1. The van der Waals surface area contributed by atoms with Crippen LogP contribution in [-0.4, -0.2) is 72.6 Å². The van der Waals surface area contributed by atoms with Crippen LogP contribution >= 0.6 is 0 Å². The number of esters is 2. The summed E-state index contributed by atoms with van der Waals surface area (Å²) in [6.45, 7) is -0.297. The Morgan fingerprint density at radius 2 is 1.95 bits per heavy atom. The van der Waals surface area contributed by atoms with Crippen molar-refractivity contribution in [3.05, 3.63) is 48.5 Å². The number of nitrogens with two attached hydrogens (primary N) is 2. The van der Waals surface area contributed by atoms with E-state index in [0.29, 0.717) is 24.0 Å². The Hall–Kier alpha value is -3.65. The van der Waals surface area contributed by atoms with Crippen molar-refractivity contribution in [1.82, 2.24) is 19.5 Å². The van der Waals surface area contributed by atoms with Gasteiger partial charge >= 0.3 is 11.9 Å². The lowest BCUT2D eigenvalue weighted by atomic mass is 10.1. The molecule has 0 aliphatic carbocycles. The lowest BCUT2D eigenvalue weighted by molar-refractivity contribution is -0.158. The highest BCUT2D eigenvalue weighted by Crippen LogP contribution is 2.33. The number of aliphatic hydroxyl groups excluding tert-OH is 2. The van der Waals surface area contributed by atoms with E-state index in [9.17, 15) is 19.8 Å². The molecule has 1 aromatic carbocycles. The molecule has 2 aromatic heterocycles. The molecule has 5 atom stereocenters. The monoisotopic (exact) mass is 514 g/mol. The largest absolute Gasteiger partial charge is 0.461 e. The standard InChI is InChI=1S/C24H30N6O7/c25-15(8-4-5-9-17(32)35-11-14-6-2-1-3-7-14)24(34)37-20-16(10-31)36-23(19(20)33)30-13-29-18-21(26)27-12-28-22(18)30/h1-3,6-7,12-13,15-16,19-20,23,31,33H,4-5,8-11,25H2,(H2,26,27,28)/t15-,16+,19+,20+,23+/m0/s1. The molecule has 1 fully saturated rings. The molecule has 13 heteroatoms. The minimum atomic E-state index is -1.33. The van der Waals surface area contributed by atoms with Crippen molar-refractivity contribution in [2.75, 3.05) is 12.3 Å². The molecule has 1 saturated heterocycles. The third-order valence-corrected chi connectivity index (χ3v) is 6.09. The molecule has 0 spiro atoms. The zero-order chi connectivity index (χ0) is 26.4.